The number of rotatable bonds is 6. The van der Waals surface area contributed by atoms with E-state index in [4.69, 9.17) is 0 Å². The Morgan fingerprint density at radius 3 is 2.46 bits per heavy atom. The van der Waals surface area contributed by atoms with Crippen LogP contribution in [0.4, 0.5) is 0 Å². The molecule has 0 unspecified atom stereocenters. The van der Waals surface area contributed by atoms with Crippen LogP contribution in [0.5, 0.6) is 0 Å². The van der Waals surface area contributed by atoms with Crippen LogP contribution >= 0.6 is 0 Å². The lowest BCUT2D eigenvalue weighted by Gasteiger charge is -2.17. The Hall–Kier alpha value is -0.0400. The second-order valence-electron chi connectivity index (χ2n) is 4.58. The molecule has 1 heterocycles. The van der Waals surface area contributed by atoms with E-state index in [9.17, 15) is 0 Å². The minimum absolute atomic E-state index is 0.945. The lowest BCUT2D eigenvalue weighted by Crippen LogP contribution is -2.21. The van der Waals surface area contributed by atoms with Crippen LogP contribution < -0.4 is 0 Å². The third kappa shape index (κ3) is 4.66. The Kier molecular flexibility index (Phi) is 5.45. The number of unbranched alkanes of at least 4 members (excludes halogenated alkanes) is 1. The molecule has 1 aliphatic heterocycles. The van der Waals surface area contributed by atoms with E-state index in [1.54, 1.807) is 0 Å². The summed E-state index contributed by atoms with van der Waals surface area (Å²) in [6.07, 6.45) is 8.49. The van der Waals surface area contributed by atoms with E-state index in [0.717, 1.165) is 5.92 Å². The van der Waals surface area contributed by atoms with Crippen LogP contribution in [-0.2, 0) is 0 Å². The molecular weight excluding hydrogens is 158 g/mol. The highest BCUT2D eigenvalue weighted by Gasteiger charge is 2.11. The van der Waals surface area contributed by atoms with E-state index >= 15 is 0 Å². The fraction of sp³-hybridized carbons (Fsp3) is 1.00. The van der Waals surface area contributed by atoms with Crippen molar-refractivity contribution in [2.75, 3.05) is 19.6 Å². The molecule has 78 valence electrons. The van der Waals surface area contributed by atoms with Gasteiger partial charge >= 0.3 is 0 Å². The van der Waals surface area contributed by atoms with Crippen molar-refractivity contribution in [1.82, 2.24) is 4.90 Å². The lowest BCUT2D eigenvalue weighted by atomic mass is 10.0. The largest absolute Gasteiger partial charge is 0.303 e. The fourth-order valence-corrected chi connectivity index (χ4v) is 2.11. The van der Waals surface area contributed by atoms with Crippen LogP contribution in [0.1, 0.15) is 52.4 Å². The molecule has 0 aromatic rings. The molecule has 0 bridgehead atoms. The fourth-order valence-electron chi connectivity index (χ4n) is 2.11. The van der Waals surface area contributed by atoms with Gasteiger partial charge in [0.15, 0.2) is 0 Å². The summed E-state index contributed by atoms with van der Waals surface area (Å²) in [5.41, 5.74) is 0. The summed E-state index contributed by atoms with van der Waals surface area (Å²) in [4.78, 5) is 2.63. The molecule has 0 amide bonds. The van der Waals surface area contributed by atoms with E-state index in [1.165, 1.54) is 58.2 Å². The molecule has 0 saturated carbocycles. The lowest BCUT2D eigenvalue weighted by molar-refractivity contribution is 0.301. The van der Waals surface area contributed by atoms with Crippen LogP contribution in [-0.4, -0.2) is 24.5 Å². The summed E-state index contributed by atoms with van der Waals surface area (Å²) in [5, 5.41) is 0. The molecule has 1 heteroatoms. The summed E-state index contributed by atoms with van der Waals surface area (Å²) in [6.45, 7) is 8.77. The smallest absolute Gasteiger partial charge is 0.00162 e. The highest BCUT2D eigenvalue weighted by molar-refractivity contribution is 4.67. The first-order chi connectivity index (χ1) is 6.33. The van der Waals surface area contributed by atoms with Crippen molar-refractivity contribution >= 4 is 0 Å². The normalized spacial score (nSPS) is 20.8. The van der Waals surface area contributed by atoms with E-state index in [-0.39, 0.29) is 0 Å². The van der Waals surface area contributed by atoms with Gasteiger partial charge in [0.1, 0.15) is 0 Å². The van der Waals surface area contributed by atoms with E-state index in [1.807, 2.05) is 0 Å². The Bertz CT molecular complexity index is 116. The monoisotopic (exact) mass is 183 g/mol. The van der Waals surface area contributed by atoms with E-state index < -0.39 is 0 Å². The van der Waals surface area contributed by atoms with Crippen molar-refractivity contribution in [2.24, 2.45) is 5.92 Å². The van der Waals surface area contributed by atoms with Crippen LogP contribution in [0.15, 0.2) is 0 Å². The minimum Gasteiger partial charge on any atom is -0.303 e. The van der Waals surface area contributed by atoms with Gasteiger partial charge in [-0.1, -0.05) is 33.1 Å². The maximum atomic E-state index is 2.63. The summed E-state index contributed by atoms with van der Waals surface area (Å²) in [5.74, 6) is 0.945. The average Bonchev–Trinajstić information content (AvgIpc) is 2.64. The first-order valence-corrected chi connectivity index (χ1v) is 6.05. The summed E-state index contributed by atoms with van der Waals surface area (Å²) in [7, 11) is 0. The van der Waals surface area contributed by atoms with Gasteiger partial charge in [-0.2, -0.15) is 0 Å². The first kappa shape index (κ1) is 11.0. The molecule has 0 radical (unpaired) electrons. The van der Waals surface area contributed by atoms with Crippen LogP contribution in [0.3, 0.4) is 0 Å². The molecule has 0 aromatic carbocycles. The highest BCUT2D eigenvalue weighted by Crippen LogP contribution is 2.14. The zero-order valence-electron chi connectivity index (χ0n) is 9.39. The summed E-state index contributed by atoms with van der Waals surface area (Å²) in [6, 6.07) is 0. The number of likely N-dealkylation sites (tertiary alicyclic amines) is 1. The van der Waals surface area contributed by atoms with E-state index in [2.05, 4.69) is 18.7 Å². The van der Waals surface area contributed by atoms with Gasteiger partial charge in [0.2, 0.25) is 0 Å². The van der Waals surface area contributed by atoms with Gasteiger partial charge in [0.25, 0.3) is 0 Å². The predicted octanol–water partition coefficient (Wildman–Crippen LogP) is 3.30. The molecule has 0 N–H and O–H groups in total. The van der Waals surface area contributed by atoms with Crippen LogP contribution in [0.2, 0.25) is 0 Å². The van der Waals surface area contributed by atoms with Crippen molar-refractivity contribution in [2.45, 2.75) is 52.4 Å². The molecule has 1 fully saturated rings. The average molecular weight is 183 g/mol. The SMILES string of the molecule is CCCC[C@@H](C)CCN1CCCC1. The van der Waals surface area contributed by atoms with E-state index in [0.29, 0.717) is 0 Å². The second-order valence-corrected chi connectivity index (χ2v) is 4.58. The Morgan fingerprint density at radius 1 is 1.15 bits per heavy atom. The van der Waals surface area contributed by atoms with Gasteiger partial charge in [-0.25, -0.2) is 0 Å². The van der Waals surface area contributed by atoms with Crippen molar-refractivity contribution in [3.63, 3.8) is 0 Å². The molecular formula is C12H25N. The van der Waals surface area contributed by atoms with Gasteiger partial charge in [0.05, 0.1) is 0 Å². The van der Waals surface area contributed by atoms with Crippen molar-refractivity contribution in [3.05, 3.63) is 0 Å². The Labute approximate surface area is 83.5 Å². The van der Waals surface area contributed by atoms with Crippen LogP contribution in [0, 0.1) is 5.92 Å². The van der Waals surface area contributed by atoms with Crippen molar-refractivity contribution in [3.8, 4) is 0 Å². The molecule has 1 atom stereocenters. The van der Waals surface area contributed by atoms with Gasteiger partial charge in [-0.3, -0.25) is 0 Å². The van der Waals surface area contributed by atoms with Gasteiger partial charge in [-0.05, 0) is 44.8 Å². The molecule has 0 aliphatic carbocycles. The second kappa shape index (κ2) is 6.42. The minimum atomic E-state index is 0.945. The molecule has 0 spiro atoms. The third-order valence-corrected chi connectivity index (χ3v) is 3.19. The summed E-state index contributed by atoms with van der Waals surface area (Å²) < 4.78 is 0. The van der Waals surface area contributed by atoms with Crippen molar-refractivity contribution in [1.29, 1.82) is 0 Å². The van der Waals surface area contributed by atoms with Gasteiger partial charge in [-0.15, -0.1) is 0 Å². The number of hydrogen-bond donors (Lipinski definition) is 0. The third-order valence-electron chi connectivity index (χ3n) is 3.19. The topological polar surface area (TPSA) is 3.24 Å². The quantitative estimate of drug-likeness (QED) is 0.610. The van der Waals surface area contributed by atoms with Crippen molar-refractivity contribution < 1.29 is 0 Å². The van der Waals surface area contributed by atoms with Crippen LogP contribution in [0.25, 0.3) is 0 Å². The van der Waals surface area contributed by atoms with Gasteiger partial charge in [0, 0.05) is 0 Å². The zero-order valence-corrected chi connectivity index (χ0v) is 9.39. The molecule has 0 aromatic heterocycles. The highest BCUT2D eigenvalue weighted by atomic mass is 15.1. The standard InChI is InChI=1S/C12H25N/c1-3-4-7-12(2)8-11-13-9-5-6-10-13/h12H,3-11H2,1-2H3/t12-/m1/s1. The molecule has 1 nitrogen and oxygen atoms in total. The number of nitrogens with zero attached hydrogens (tertiary/aromatic N) is 1. The summed E-state index contributed by atoms with van der Waals surface area (Å²) >= 11 is 0. The zero-order chi connectivity index (χ0) is 9.52. The Morgan fingerprint density at radius 2 is 1.85 bits per heavy atom. The molecule has 1 saturated heterocycles. The number of hydrogen-bond acceptors (Lipinski definition) is 1. The first-order valence-electron chi connectivity index (χ1n) is 6.05. The molecule has 13 heavy (non-hydrogen) atoms. The molecule has 1 rings (SSSR count). The maximum Gasteiger partial charge on any atom is -0.00162 e. The maximum absolute atomic E-state index is 2.63. The Balaban J connectivity index is 1.97. The molecule has 1 aliphatic rings. The predicted molar refractivity (Wildman–Crippen MR) is 59.0 cm³/mol. The van der Waals surface area contributed by atoms with Gasteiger partial charge < -0.3 is 4.90 Å².